The van der Waals surface area contributed by atoms with E-state index in [0.29, 0.717) is 30.5 Å². The molecule has 0 aliphatic heterocycles. The summed E-state index contributed by atoms with van der Waals surface area (Å²) in [6, 6.07) is 16.8. The second kappa shape index (κ2) is 9.39. The van der Waals surface area contributed by atoms with E-state index in [-0.39, 0.29) is 0 Å². The van der Waals surface area contributed by atoms with Crippen LogP contribution in [0.15, 0.2) is 64.5 Å². The van der Waals surface area contributed by atoms with Crippen LogP contribution in [0, 0.1) is 0 Å². The molecule has 0 amide bonds. The normalized spacial score (nSPS) is 13.4. The van der Waals surface area contributed by atoms with Gasteiger partial charge in [0.15, 0.2) is 15.8 Å². The second-order valence-electron chi connectivity index (χ2n) is 6.69. The third kappa shape index (κ3) is 5.79. The van der Waals surface area contributed by atoms with Gasteiger partial charge in [-0.15, -0.1) is 11.3 Å². The van der Waals surface area contributed by atoms with Crippen molar-refractivity contribution in [1.82, 2.24) is 10.6 Å². The smallest absolute Gasteiger partial charge is 0.191 e. The van der Waals surface area contributed by atoms with Gasteiger partial charge in [-0.2, -0.15) is 0 Å². The van der Waals surface area contributed by atoms with Gasteiger partial charge in [-0.05, 0) is 42.1 Å². The monoisotopic (exact) mass is 431 g/mol. The molecule has 1 heterocycles. The molecule has 154 valence electrons. The lowest BCUT2D eigenvalue weighted by Gasteiger charge is -2.14. The van der Waals surface area contributed by atoms with E-state index < -0.39 is 15.9 Å². The maximum atomic E-state index is 11.5. The number of hydrogen-bond donors (Lipinski definition) is 3. The molecule has 0 fully saturated rings. The van der Waals surface area contributed by atoms with Crippen LogP contribution in [0.3, 0.4) is 0 Å². The first-order valence-electron chi connectivity index (χ1n) is 9.34. The van der Waals surface area contributed by atoms with E-state index in [4.69, 9.17) is 0 Å². The van der Waals surface area contributed by atoms with Crippen LogP contribution in [0.1, 0.15) is 23.5 Å². The highest BCUT2D eigenvalue weighted by Crippen LogP contribution is 2.29. The first-order valence-corrected chi connectivity index (χ1v) is 12.1. The molecule has 2 aromatic carbocycles. The maximum absolute atomic E-state index is 11.5. The van der Waals surface area contributed by atoms with Gasteiger partial charge in [0.25, 0.3) is 0 Å². The van der Waals surface area contributed by atoms with Gasteiger partial charge in [-0.1, -0.05) is 30.3 Å². The largest absolute Gasteiger partial charge is 0.386 e. The van der Waals surface area contributed by atoms with E-state index in [9.17, 15) is 13.5 Å². The van der Waals surface area contributed by atoms with Crippen LogP contribution in [0.4, 0.5) is 0 Å². The van der Waals surface area contributed by atoms with E-state index in [1.54, 1.807) is 35.6 Å². The molecule has 6 nitrogen and oxygen atoms in total. The van der Waals surface area contributed by atoms with E-state index >= 15 is 0 Å². The van der Waals surface area contributed by atoms with E-state index in [2.05, 4.69) is 15.6 Å². The van der Waals surface area contributed by atoms with Crippen molar-refractivity contribution in [2.45, 2.75) is 24.5 Å². The molecule has 0 bridgehead atoms. The zero-order valence-electron chi connectivity index (χ0n) is 16.4. The third-order valence-electron chi connectivity index (χ3n) is 4.35. The number of sulfone groups is 1. The Balaban J connectivity index is 1.62. The first kappa shape index (κ1) is 21.3. The van der Waals surface area contributed by atoms with Crippen molar-refractivity contribution >= 4 is 37.2 Å². The average Bonchev–Trinajstić information content (AvgIpc) is 3.14. The lowest BCUT2D eigenvalue weighted by Crippen LogP contribution is -2.39. The number of fused-ring (bicyclic) bond motifs is 1. The Morgan fingerprint density at radius 2 is 1.86 bits per heavy atom. The van der Waals surface area contributed by atoms with Crippen LogP contribution < -0.4 is 10.6 Å². The molecule has 0 aliphatic carbocycles. The van der Waals surface area contributed by atoms with Gasteiger partial charge >= 0.3 is 0 Å². The van der Waals surface area contributed by atoms with Crippen molar-refractivity contribution < 1.29 is 13.5 Å². The fraction of sp³-hybridized carbons (Fsp3) is 0.286. The molecule has 0 radical (unpaired) electrons. The molecule has 0 spiro atoms. The zero-order chi connectivity index (χ0) is 20.9. The summed E-state index contributed by atoms with van der Waals surface area (Å²) in [7, 11) is -3.20. The van der Waals surface area contributed by atoms with Crippen LogP contribution >= 0.6 is 11.3 Å². The van der Waals surface area contributed by atoms with Crippen molar-refractivity contribution in [2.75, 3.05) is 19.3 Å². The number of rotatable bonds is 7. The summed E-state index contributed by atoms with van der Waals surface area (Å²) in [5.74, 6) is 0.597. The fourth-order valence-corrected chi connectivity index (χ4v) is 4.50. The van der Waals surface area contributed by atoms with Gasteiger partial charge in [-0.3, -0.25) is 0 Å². The molecule has 29 heavy (non-hydrogen) atoms. The number of aliphatic hydroxyl groups is 1. The van der Waals surface area contributed by atoms with Gasteiger partial charge in [0.1, 0.15) is 6.10 Å². The fourth-order valence-electron chi connectivity index (χ4n) is 2.81. The van der Waals surface area contributed by atoms with Crippen molar-refractivity contribution in [1.29, 1.82) is 0 Å². The summed E-state index contributed by atoms with van der Waals surface area (Å²) in [4.78, 5) is 5.72. The second-order valence-corrected chi connectivity index (χ2v) is 9.83. The number of aliphatic hydroxyl groups excluding tert-OH is 1. The van der Waals surface area contributed by atoms with Crippen LogP contribution in [0.25, 0.3) is 10.1 Å². The number of hydrogen-bond acceptors (Lipinski definition) is 5. The molecule has 3 N–H and O–H groups in total. The minimum absolute atomic E-state index is 0.293. The number of nitrogens with zero attached hydrogens (tertiary/aromatic N) is 1. The highest BCUT2D eigenvalue weighted by molar-refractivity contribution is 7.90. The molecular weight excluding hydrogens is 406 g/mol. The molecule has 1 atom stereocenters. The third-order valence-corrected chi connectivity index (χ3v) is 6.70. The Kier molecular flexibility index (Phi) is 6.89. The lowest BCUT2D eigenvalue weighted by molar-refractivity contribution is 0.184. The molecular formula is C21H25N3O3S2. The molecule has 1 aromatic heterocycles. The SMILES string of the molecule is CCNC(=NCc1ccc(S(C)(=O)=O)cc1)NCC(O)c1cc2ccccc2s1. The highest BCUT2D eigenvalue weighted by Gasteiger charge is 2.12. The van der Waals surface area contributed by atoms with E-state index in [1.165, 1.54) is 6.26 Å². The van der Waals surface area contributed by atoms with Gasteiger partial charge in [0, 0.05) is 28.9 Å². The molecule has 0 aliphatic rings. The lowest BCUT2D eigenvalue weighted by atomic mass is 10.2. The Hall–Kier alpha value is -2.42. The maximum Gasteiger partial charge on any atom is 0.191 e. The summed E-state index contributed by atoms with van der Waals surface area (Å²) < 4.78 is 24.2. The van der Waals surface area contributed by atoms with Crippen molar-refractivity contribution in [2.24, 2.45) is 4.99 Å². The van der Waals surface area contributed by atoms with E-state index in [0.717, 1.165) is 20.5 Å². The predicted molar refractivity (Wildman–Crippen MR) is 119 cm³/mol. The van der Waals surface area contributed by atoms with Crippen LogP contribution in [-0.2, 0) is 16.4 Å². The Morgan fingerprint density at radius 1 is 1.14 bits per heavy atom. The number of thiophene rings is 1. The van der Waals surface area contributed by atoms with Crippen LogP contribution in [0.5, 0.6) is 0 Å². The molecule has 8 heteroatoms. The van der Waals surface area contributed by atoms with Gasteiger partial charge in [0.2, 0.25) is 0 Å². The number of benzene rings is 2. The summed E-state index contributed by atoms with van der Waals surface area (Å²) in [5.41, 5.74) is 0.902. The Bertz CT molecular complexity index is 1060. The Morgan fingerprint density at radius 3 is 2.52 bits per heavy atom. The van der Waals surface area contributed by atoms with Crippen molar-refractivity contribution in [3.63, 3.8) is 0 Å². The van der Waals surface area contributed by atoms with Gasteiger partial charge in [-0.25, -0.2) is 13.4 Å². The minimum Gasteiger partial charge on any atom is -0.386 e. The highest BCUT2D eigenvalue weighted by atomic mass is 32.2. The standard InChI is InChI=1S/C21H25N3O3S2/c1-3-22-21(23-13-15-8-10-17(11-9-15)29(2,26)27)24-14-18(25)20-12-16-6-4-5-7-19(16)28-20/h4-12,18,25H,3,13-14H2,1-2H3,(H2,22,23,24). The molecule has 3 rings (SSSR count). The van der Waals surface area contributed by atoms with Crippen molar-refractivity contribution in [3.05, 3.63) is 65.0 Å². The quantitative estimate of drug-likeness (QED) is 0.395. The molecule has 1 unspecified atom stereocenters. The number of guanidine groups is 1. The van der Waals surface area contributed by atoms with Crippen LogP contribution in [0.2, 0.25) is 0 Å². The average molecular weight is 432 g/mol. The minimum atomic E-state index is -3.20. The van der Waals surface area contributed by atoms with Crippen LogP contribution in [-0.4, -0.2) is 38.8 Å². The zero-order valence-corrected chi connectivity index (χ0v) is 18.1. The predicted octanol–water partition coefficient (Wildman–Crippen LogP) is 3.09. The molecule has 0 saturated heterocycles. The Labute approximate surface area is 175 Å². The topological polar surface area (TPSA) is 90.8 Å². The molecule has 3 aromatic rings. The summed E-state index contributed by atoms with van der Waals surface area (Å²) in [6.45, 7) is 3.41. The van der Waals surface area contributed by atoms with E-state index in [1.807, 2.05) is 37.3 Å². The summed E-state index contributed by atoms with van der Waals surface area (Å²) >= 11 is 1.58. The molecule has 0 saturated carbocycles. The summed E-state index contributed by atoms with van der Waals surface area (Å²) in [5, 5.41) is 18.0. The van der Waals surface area contributed by atoms with Crippen molar-refractivity contribution in [3.8, 4) is 0 Å². The van der Waals surface area contributed by atoms with Gasteiger partial charge < -0.3 is 15.7 Å². The number of aliphatic imine (C=N–C) groups is 1. The summed E-state index contributed by atoms with van der Waals surface area (Å²) in [6.07, 6.45) is 0.556. The first-order chi connectivity index (χ1) is 13.9. The number of nitrogens with one attached hydrogen (secondary N) is 2. The van der Waals surface area contributed by atoms with Gasteiger partial charge in [0.05, 0.1) is 11.4 Å².